The molecule has 0 radical (unpaired) electrons. The molecule has 1 aromatic rings. The van der Waals surface area contributed by atoms with E-state index < -0.39 is 5.97 Å². The van der Waals surface area contributed by atoms with Crippen LogP contribution in [-0.2, 0) is 9.59 Å². The molecule has 20 heavy (non-hydrogen) atoms. The van der Waals surface area contributed by atoms with Gasteiger partial charge in [-0.25, -0.2) is 0 Å². The Balaban J connectivity index is 2.33. The van der Waals surface area contributed by atoms with Gasteiger partial charge in [-0.1, -0.05) is 19.9 Å². The predicted molar refractivity (Wildman–Crippen MR) is 78.2 cm³/mol. The van der Waals surface area contributed by atoms with Gasteiger partial charge in [0.1, 0.15) is 0 Å². The summed E-state index contributed by atoms with van der Waals surface area (Å²) in [6, 6.07) is 5.96. The molecule has 1 heterocycles. The summed E-state index contributed by atoms with van der Waals surface area (Å²) in [7, 11) is 0. The van der Waals surface area contributed by atoms with E-state index in [0.29, 0.717) is 25.4 Å². The summed E-state index contributed by atoms with van der Waals surface area (Å²) >= 11 is 0. The van der Waals surface area contributed by atoms with Crippen LogP contribution in [0.25, 0.3) is 0 Å². The Morgan fingerprint density at radius 3 is 2.85 bits per heavy atom. The maximum Gasteiger partial charge on any atom is 0.305 e. The number of fused-ring (bicyclic) bond motifs is 1. The summed E-state index contributed by atoms with van der Waals surface area (Å²) < 4.78 is 0. The minimum Gasteiger partial charge on any atom is -0.481 e. The minimum absolute atomic E-state index is 0.0265. The second-order valence-corrected chi connectivity index (χ2v) is 5.36. The standard InChI is InChI=1S/C15H20N2O3/c1-10(2)11-3-4-12-13(9-11)17(8-6-15(19)20)7-5-14(18)16-12/h3-4,9-10H,5-8H2,1-2H3,(H,16,18)(H,19,20). The second kappa shape index (κ2) is 5.94. The summed E-state index contributed by atoms with van der Waals surface area (Å²) in [6.07, 6.45) is 0.449. The van der Waals surface area contributed by atoms with Gasteiger partial charge in [0.05, 0.1) is 17.8 Å². The molecule has 0 fully saturated rings. The molecule has 0 bridgehead atoms. The average Bonchev–Trinajstić information content (AvgIpc) is 2.54. The molecular formula is C15H20N2O3. The van der Waals surface area contributed by atoms with Crippen LogP contribution in [0, 0.1) is 0 Å². The van der Waals surface area contributed by atoms with Crippen LogP contribution in [0.2, 0.25) is 0 Å². The first-order valence-electron chi connectivity index (χ1n) is 6.88. The molecule has 1 aliphatic heterocycles. The molecular weight excluding hydrogens is 256 g/mol. The lowest BCUT2D eigenvalue weighted by Gasteiger charge is -2.24. The Kier molecular flexibility index (Phi) is 4.27. The molecule has 1 aliphatic rings. The van der Waals surface area contributed by atoms with E-state index in [-0.39, 0.29) is 12.3 Å². The molecule has 0 spiro atoms. The summed E-state index contributed by atoms with van der Waals surface area (Å²) in [6.45, 7) is 5.18. The SMILES string of the molecule is CC(C)c1ccc2c(c1)N(CCC(=O)O)CCC(=O)N2. The van der Waals surface area contributed by atoms with Crippen molar-refractivity contribution in [3.8, 4) is 0 Å². The normalized spacial score (nSPS) is 14.8. The van der Waals surface area contributed by atoms with E-state index in [4.69, 9.17) is 5.11 Å². The Labute approximate surface area is 118 Å². The van der Waals surface area contributed by atoms with Crippen LogP contribution in [0.3, 0.4) is 0 Å². The highest BCUT2D eigenvalue weighted by Gasteiger charge is 2.20. The maximum absolute atomic E-state index is 11.7. The number of aliphatic carboxylic acids is 1. The highest BCUT2D eigenvalue weighted by atomic mass is 16.4. The highest BCUT2D eigenvalue weighted by molar-refractivity contribution is 5.96. The van der Waals surface area contributed by atoms with Gasteiger partial charge in [-0.15, -0.1) is 0 Å². The molecule has 5 heteroatoms. The lowest BCUT2D eigenvalue weighted by molar-refractivity contribution is -0.136. The Morgan fingerprint density at radius 2 is 2.20 bits per heavy atom. The van der Waals surface area contributed by atoms with E-state index in [1.165, 1.54) is 5.56 Å². The molecule has 0 unspecified atom stereocenters. The smallest absolute Gasteiger partial charge is 0.305 e. The zero-order valence-corrected chi connectivity index (χ0v) is 11.8. The van der Waals surface area contributed by atoms with Gasteiger partial charge < -0.3 is 15.3 Å². The number of hydrogen-bond donors (Lipinski definition) is 2. The van der Waals surface area contributed by atoms with Crippen LogP contribution in [0.5, 0.6) is 0 Å². The van der Waals surface area contributed by atoms with Gasteiger partial charge in [-0.05, 0) is 23.6 Å². The van der Waals surface area contributed by atoms with E-state index >= 15 is 0 Å². The summed E-state index contributed by atoms with van der Waals surface area (Å²) in [5.74, 6) is -0.461. The predicted octanol–water partition coefficient (Wildman–Crippen LogP) is 2.43. The third-order valence-corrected chi connectivity index (χ3v) is 3.51. The van der Waals surface area contributed by atoms with E-state index in [2.05, 4.69) is 19.2 Å². The number of nitrogens with one attached hydrogen (secondary N) is 1. The number of hydrogen-bond acceptors (Lipinski definition) is 3. The van der Waals surface area contributed by atoms with Gasteiger partial charge >= 0.3 is 5.97 Å². The first-order valence-corrected chi connectivity index (χ1v) is 6.88. The maximum atomic E-state index is 11.7. The molecule has 0 saturated carbocycles. The highest BCUT2D eigenvalue weighted by Crippen LogP contribution is 2.32. The van der Waals surface area contributed by atoms with Gasteiger partial charge in [-0.3, -0.25) is 9.59 Å². The molecule has 0 atom stereocenters. The monoisotopic (exact) mass is 276 g/mol. The number of carboxylic acids is 1. The molecule has 0 aliphatic carbocycles. The number of anilines is 2. The van der Waals surface area contributed by atoms with E-state index in [9.17, 15) is 9.59 Å². The quantitative estimate of drug-likeness (QED) is 0.886. The fraction of sp³-hybridized carbons (Fsp3) is 0.467. The topological polar surface area (TPSA) is 69.6 Å². The van der Waals surface area contributed by atoms with Crippen molar-refractivity contribution in [2.75, 3.05) is 23.3 Å². The van der Waals surface area contributed by atoms with E-state index in [1.54, 1.807) is 0 Å². The zero-order valence-electron chi connectivity index (χ0n) is 11.8. The number of nitrogens with zero attached hydrogens (tertiary/aromatic N) is 1. The van der Waals surface area contributed by atoms with Gasteiger partial charge in [0, 0.05) is 19.5 Å². The summed E-state index contributed by atoms with van der Waals surface area (Å²) in [5, 5.41) is 11.7. The lowest BCUT2D eigenvalue weighted by atomic mass is 10.0. The van der Waals surface area contributed by atoms with Crippen LogP contribution in [-0.4, -0.2) is 30.1 Å². The van der Waals surface area contributed by atoms with Gasteiger partial charge in [0.2, 0.25) is 5.91 Å². The third kappa shape index (κ3) is 3.29. The third-order valence-electron chi connectivity index (χ3n) is 3.51. The number of benzene rings is 1. The molecule has 2 N–H and O–H groups in total. The summed E-state index contributed by atoms with van der Waals surface area (Å²) in [4.78, 5) is 24.4. The summed E-state index contributed by atoms with van der Waals surface area (Å²) in [5.41, 5.74) is 2.87. The number of rotatable bonds is 4. The van der Waals surface area contributed by atoms with Gasteiger partial charge in [0.15, 0.2) is 0 Å². The molecule has 5 nitrogen and oxygen atoms in total. The fourth-order valence-electron chi connectivity index (χ4n) is 2.31. The Hall–Kier alpha value is -2.04. The first-order chi connectivity index (χ1) is 9.47. The zero-order chi connectivity index (χ0) is 14.7. The average molecular weight is 276 g/mol. The van der Waals surface area contributed by atoms with Crippen LogP contribution in [0.4, 0.5) is 11.4 Å². The molecule has 0 saturated heterocycles. The van der Waals surface area contributed by atoms with Crippen molar-refractivity contribution >= 4 is 23.3 Å². The number of carboxylic acid groups (broad SMARTS) is 1. The van der Waals surface area contributed by atoms with E-state index in [0.717, 1.165) is 11.4 Å². The number of carbonyl (C=O) groups excluding carboxylic acids is 1. The van der Waals surface area contributed by atoms with Crippen molar-refractivity contribution in [1.82, 2.24) is 0 Å². The molecule has 2 rings (SSSR count). The molecule has 0 aromatic heterocycles. The van der Waals surface area contributed by atoms with Gasteiger partial charge in [0.25, 0.3) is 0 Å². The van der Waals surface area contributed by atoms with E-state index in [1.807, 2.05) is 23.1 Å². The van der Waals surface area contributed by atoms with Crippen molar-refractivity contribution < 1.29 is 14.7 Å². The molecule has 1 amide bonds. The minimum atomic E-state index is -0.824. The fourth-order valence-corrected chi connectivity index (χ4v) is 2.31. The first kappa shape index (κ1) is 14.4. The Bertz CT molecular complexity index is 526. The van der Waals surface area contributed by atoms with Crippen molar-refractivity contribution in [1.29, 1.82) is 0 Å². The van der Waals surface area contributed by atoms with Gasteiger partial charge in [-0.2, -0.15) is 0 Å². The lowest BCUT2D eigenvalue weighted by Crippen LogP contribution is -2.27. The Morgan fingerprint density at radius 1 is 1.45 bits per heavy atom. The largest absolute Gasteiger partial charge is 0.481 e. The number of carbonyl (C=O) groups is 2. The van der Waals surface area contributed by atoms with Crippen LogP contribution < -0.4 is 10.2 Å². The van der Waals surface area contributed by atoms with Crippen molar-refractivity contribution in [2.45, 2.75) is 32.6 Å². The van der Waals surface area contributed by atoms with Crippen LogP contribution in [0.1, 0.15) is 38.2 Å². The van der Waals surface area contributed by atoms with Crippen molar-refractivity contribution in [2.24, 2.45) is 0 Å². The van der Waals surface area contributed by atoms with Crippen molar-refractivity contribution in [3.05, 3.63) is 23.8 Å². The number of amides is 1. The molecule has 1 aromatic carbocycles. The van der Waals surface area contributed by atoms with Crippen LogP contribution in [0.15, 0.2) is 18.2 Å². The van der Waals surface area contributed by atoms with Crippen molar-refractivity contribution in [3.63, 3.8) is 0 Å². The second-order valence-electron chi connectivity index (χ2n) is 5.36. The van der Waals surface area contributed by atoms with Crippen LogP contribution >= 0.6 is 0 Å². The molecule has 108 valence electrons.